The van der Waals surface area contributed by atoms with Crippen LogP contribution in [0.25, 0.3) is 0 Å². The molecule has 0 bridgehead atoms. The molecule has 0 saturated heterocycles. The SMILES string of the molecule is CCCCC(=O)Nc1cccc(C#CCN)c1. The van der Waals surface area contributed by atoms with E-state index in [1.165, 1.54) is 0 Å². The van der Waals surface area contributed by atoms with E-state index in [-0.39, 0.29) is 5.91 Å². The van der Waals surface area contributed by atoms with E-state index in [1.807, 2.05) is 24.3 Å². The molecule has 3 nitrogen and oxygen atoms in total. The van der Waals surface area contributed by atoms with Crippen molar-refractivity contribution in [1.29, 1.82) is 0 Å². The lowest BCUT2D eigenvalue weighted by Gasteiger charge is -2.04. The van der Waals surface area contributed by atoms with Gasteiger partial charge in [-0.25, -0.2) is 0 Å². The van der Waals surface area contributed by atoms with Crippen molar-refractivity contribution in [3.63, 3.8) is 0 Å². The van der Waals surface area contributed by atoms with E-state index in [4.69, 9.17) is 5.73 Å². The number of unbranched alkanes of at least 4 members (excludes halogenated alkanes) is 1. The van der Waals surface area contributed by atoms with Gasteiger partial charge in [-0.15, -0.1) is 0 Å². The van der Waals surface area contributed by atoms with Gasteiger partial charge in [-0.2, -0.15) is 0 Å². The van der Waals surface area contributed by atoms with Crippen LogP contribution in [-0.4, -0.2) is 12.5 Å². The van der Waals surface area contributed by atoms with Gasteiger partial charge in [0.1, 0.15) is 0 Å². The zero-order valence-corrected chi connectivity index (χ0v) is 10.1. The van der Waals surface area contributed by atoms with Crippen molar-refractivity contribution >= 4 is 11.6 Å². The lowest BCUT2D eigenvalue weighted by atomic mass is 10.2. The topological polar surface area (TPSA) is 55.1 Å². The number of hydrogen-bond donors (Lipinski definition) is 2. The summed E-state index contributed by atoms with van der Waals surface area (Å²) in [6.07, 6.45) is 2.50. The van der Waals surface area contributed by atoms with Crippen LogP contribution in [0.1, 0.15) is 31.7 Å². The second-order valence-electron chi connectivity index (χ2n) is 3.74. The van der Waals surface area contributed by atoms with E-state index in [0.29, 0.717) is 13.0 Å². The first-order valence-corrected chi connectivity index (χ1v) is 5.85. The van der Waals surface area contributed by atoms with Crippen molar-refractivity contribution in [2.24, 2.45) is 5.73 Å². The summed E-state index contributed by atoms with van der Waals surface area (Å²) in [6, 6.07) is 7.48. The fourth-order valence-corrected chi connectivity index (χ4v) is 1.39. The average molecular weight is 230 g/mol. The summed E-state index contributed by atoms with van der Waals surface area (Å²) in [6.45, 7) is 2.41. The lowest BCUT2D eigenvalue weighted by molar-refractivity contribution is -0.116. The van der Waals surface area contributed by atoms with Gasteiger partial charge in [0.2, 0.25) is 5.91 Å². The molecule has 3 N–H and O–H groups in total. The molecule has 1 aromatic carbocycles. The quantitative estimate of drug-likeness (QED) is 0.778. The van der Waals surface area contributed by atoms with E-state index in [9.17, 15) is 4.79 Å². The standard InChI is InChI=1S/C14H18N2O/c1-2-3-9-14(17)16-13-8-4-6-12(11-13)7-5-10-15/h4,6,8,11H,2-3,9-10,15H2,1H3,(H,16,17). The molecule has 0 aliphatic rings. The van der Waals surface area contributed by atoms with Crippen LogP contribution in [0.15, 0.2) is 24.3 Å². The molecule has 17 heavy (non-hydrogen) atoms. The third-order valence-electron chi connectivity index (χ3n) is 2.24. The van der Waals surface area contributed by atoms with Gasteiger partial charge in [0.15, 0.2) is 0 Å². The summed E-state index contributed by atoms with van der Waals surface area (Å²) in [5.74, 6) is 5.77. The van der Waals surface area contributed by atoms with Crippen LogP contribution in [0, 0.1) is 11.8 Å². The Morgan fingerprint density at radius 2 is 2.29 bits per heavy atom. The predicted octanol–water partition coefficient (Wildman–Crippen LogP) is 2.13. The Labute approximate surface area is 102 Å². The normalized spacial score (nSPS) is 9.29. The minimum absolute atomic E-state index is 0.0517. The van der Waals surface area contributed by atoms with Gasteiger partial charge in [-0.3, -0.25) is 4.79 Å². The summed E-state index contributed by atoms with van der Waals surface area (Å²) in [5, 5.41) is 2.86. The molecule has 3 heteroatoms. The minimum atomic E-state index is 0.0517. The summed E-state index contributed by atoms with van der Waals surface area (Å²) < 4.78 is 0. The van der Waals surface area contributed by atoms with E-state index in [2.05, 4.69) is 24.1 Å². The highest BCUT2D eigenvalue weighted by molar-refractivity contribution is 5.90. The Bertz CT molecular complexity index is 429. The lowest BCUT2D eigenvalue weighted by Crippen LogP contribution is -2.10. The van der Waals surface area contributed by atoms with Crippen molar-refractivity contribution in [1.82, 2.24) is 0 Å². The van der Waals surface area contributed by atoms with Gasteiger partial charge < -0.3 is 11.1 Å². The molecule has 0 aromatic heterocycles. The first kappa shape index (κ1) is 13.3. The zero-order valence-electron chi connectivity index (χ0n) is 10.1. The predicted molar refractivity (Wildman–Crippen MR) is 70.5 cm³/mol. The monoisotopic (exact) mass is 230 g/mol. The number of benzene rings is 1. The molecule has 0 fully saturated rings. The zero-order chi connectivity index (χ0) is 12.5. The van der Waals surface area contributed by atoms with E-state index in [0.717, 1.165) is 24.1 Å². The molecule has 0 aliphatic carbocycles. The molecule has 0 radical (unpaired) electrons. The van der Waals surface area contributed by atoms with E-state index in [1.54, 1.807) is 0 Å². The molecule has 0 unspecified atom stereocenters. The second-order valence-corrected chi connectivity index (χ2v) is 3.74. The Morgan fingerprint density at radius 1 is 1.47 bits per heavy atom. The van der Waals surface area contributed by atoms with Gasteiger partial charge in [0.25, 0.3) is 0 Å². The van der Waals surface area contributed by atoms with Crippen LogP contribution in [0.5, 0.6) is 0 Å². The second kappa shape index (κ2) is 7.48. The number of nitrogens with one attached hydrogen (secondary N) is 1. The number of nitrogens with two attached hydrogens (primary N) is 1. The van der Waals surface area contributed by atoms with Crippen molar-refractivity contribution < 1.29 is 4.79 Å². The number of carbonyl (C=O) groups excluding carboxylic acids is 1. The highest BCUT2D eigenvalue weighted by Gasteiger charge is 2.01. The molecule has 0 saturated carbocycles. The largest absolute Gasteiger partial charge is 0.326 e. The number of anilines is 1. The first-order chi connectivity index (χ1) is 8.26. The van der Waals surface area contributed by atoms with Gasteiger partial charge in [0.05, 0.1) is 6.54 Å². The van der Waals surface area contributed by atoms with Crippen LogP contribution in [-0.2, 0) is 4.79 Å². The van der Waals surface area contributed by atoms with Crippen LogP contribution < -0.4 is 11.1 Å². The molecule has 0 heterocycles. The number of hydrogen-bond acceptors (Lipinski definition) is 2. The van der Waals surface area contributed by atoms with Crippen LogP contribution >= 0.6 is 0 Å². The Hall–Kier alpha value is -1.79. The summed E-state index contributed by atoms with van der Waals surface area (Å²) >= 11 is 0. The molecule has 1 amide bonds. The molecule has 1 aromatic rings. The molecular formula is C14H18N2O. The smallest absolute Gasteiger partial charge is 0.224 e. The molecule has 0 aliphatic heterocycles. The fourth-order valence-electron chi connectivity index (χ4n) is 1.39. The van der Waals surface area contributed by atoms with Crippen molar-refractivity contribution in [2.45, 2.75) is 26.2 Å². The number of rotatable bonds is 4. The number of carbonyl (C=O) groups is 1. The van der Waals surface area contributed by atoms with Gasteiger partial charge in [-0.05, 0) is 24.6 Å². The maximum Gasteiger partial charge on any atom is 0.224 e. The Morgan fingerprint density at radius 3 is 3.00 bits per heavy atom. The van der Waals surface area contributed by atoms with E-state index < -0.39 is 0 Å². The minimum Gasteiger partial charge on any atom is -0.326 e. The average Bonchev–Trinajstić information content (AvgIpc) is 2.34. The first-order valence-electron chi connectivity index (χ1n) is 5.85. The van der Waals surface area contributed by atoms with Gasteiger partial charge in [-0.1, -0.05) is 31.3 Å². The maximum atomic E-state index is 11.5. The van der Waals surface area contributed by atoms with Crippen molar-refractivity contribution in [3.8, 4) is 11.8 Å². The summed E-state index contributed by atoms with van der Waals surface area (Å²) in [7, 11) is 0. The molecular weight excluding hydrogens is 212 g/mol. The highest BCUT2D eigenvalue weighted by Crippen LogP contribution is 2.10. The summed E-state index contributed by atoms with van der Waals surface area (Å²) in [4.78, 5) is 11.5. The molecule has 0 atom stereocenters. The van der Waals surface area contributed by atoms with Crippen LogP contribution in [0.4, 0.5) is 5.69 Å². The van der Waals surface area contributed by atoms with Gasteiger partial charge >= 0.3 is 0 Å². The summed E-state index contributed by atoms with van der Waals surface area (Å²) in [5.41, 5.74) is 6.96. The number of amides is 1. The maximum absolute atomic E-state index is 11.5. The third-order valence-corrected chi connectivity index (χ3v) is 2.24. The van der Waals surface area contributed by atoms with Crippen LogP contribution in [0.2, 0.25) is 0 Å². The molecule has 1 rings (SSSR count). The Balaban J connectivity index is 2.62. The van der Waals surface area contributed by atoms with Gasteiger partial charge in [0, 0.05) is 17.7 Å². The van der Waals surface area contributed by atoms with Crippen LogP contribution in [0.3, 0.4) is 0 Å². The third kappa shape index (κ3) is 5.19. The van der Waals surface area contributed by atoms with E-state index >= 15 is 0 Å². The van der Waals surface area contributed by atoms with Crippen molar-refractivity contribution in [2.75, 3.05) is 11.9 Å². The van der Waals surface area contributed by atoms with Crippen molar-refractivity contribution in [3.05, 3.63) is 29.8 Å². The molecule has 0 spiro atoms. The Kier molecular flexibility index (Phi) is 5.84. The molecule has 90 valence electrons. The highest BCUT2D eigenvalue weighted by atomic mass is 16.1. The fraction of sp³-hybridized carbons (Fsp3) is 0.357.